The van der Waals surface area contributed by atoms with Crippen LogP contribution in [-0.4, -0.2) is 47.0 Å². The van der Waals surface area contributed by atoms with Crippen molar-refractivity contribution in [1.29, 1.82) is 0 Å². The van der Waals surface area contributed by atoms with Crippen LogP contribution in [0.5, 0.6) is 0 Å². The SMILES string of the molecule is CN(Cc1ccc(Cl)cc1)C(=O)C1CCCCN1C(=O)OC(C)(C)C. The van der Waals surface area contributed by atoms with Crippen molar-refractivity contribution in [2.75, 3.05) is 13.6 Å². The van der Waals surface area contributed by atoms with E-state index in [1.165, 1.54) is 0 Å². The molecule has 0 spiro atoms. The molecular formula is C19H27ClN2O3. The predicted octanol–water partition coefficient (Wildman–Crippen LogP) is 4.09. The van der Waals surface area contributed by atoms with E-state index in [2.05, 4.69) is 0 Å². The Labute approximate surface area is 154 Å². The Bertz CT molecular complexity index is 610. The van der Waals surface area contributed by atoms with Crippen molar-refractivity contribution in [3.63, 3.8) is 0 Å². The van der Waals surface area contributed by atoms with E-state index in [1.54, 1.807) is 16.8 Å². The van der Waals surface area contributed by atoms with Crippen molar-refractivity contribution in [2.24, 2.45) is 0 Å². The lowest BCUT2D eigenvalue weighted by atomic mass is 10.0. The molecule has 0 saturated carbocycles. The number of hydrogen-bond donors (Lipinski definition) is 0. The Kier molecular flexibility index (Phi) is 6.33. The van der Waals surface area contributed by atoms with Crippen molar-refractivity contribution in [1.82, 2.24) is 9.80 Å². The summed E-state index contributed by atoms with van der Waals surface area (Å²) in [5.74, 6) is -0.0551. The third kappa shape index (κ3) is 5.63. The van der Waals surface area contributed by atoms with E-state index in [-0.39, 0.29) is 5.91 Å². The molecular weight excluding hydrogens is 340 g/mol. The number of nitrogens with zero attached hydrogens (tertiary/aromatic N) is 2. The average molecular weight is 367 g/mol. The number of carbonyl (C=O) groups excluding carboxylic acids is 2. The van der Waals surface area contributed by atoms with E-state index in [1.807, 2.05) is 45.0 Å². The maximum atomic E-state index is 12.9. The number of piperidine rings is 1. The number of ether oxygens (including phenoxy) is 1. The normalized spacial score (nSPS) is 18.0. The van der Waals surface area contributed by atoms with Gasteiger partial charge in [-0.3, -0.25) is 9.69 Å². The van der Waals surface area contributed by atoms with Gasteiger partial charge in [0.15, 0.2) is 0 Å². The maximum Gasteiger partial charge on any atom is 0.410 e. The van der Waals surface area contributed by atoms with Crippen molar-refractivity contribution in [3.05, 3.63) is 34.9 Å². The van der Waals surface area contributed by atoms with E-state index in [0.29, 0.717) is 24.5 Å². The zero-order valence-corrected chi connectivity index (χ0v) is 16.2. The lowest BCUT2D eigenvalue weighted by Crippen LogP contribution is -2.53. The molecule has 5 nitrogen and oxygen atoms in total. The van der Waals surface area contributed by atoms with E-state index in [9.17, 15) is 9.59 Å². The van der Waals surface area contributed by atoms with Gasteiger partial charge in [-0.25, -0.2) is 4.79 Å². The highest BCUT2D eigenvalue weighted by Crippen LogP contribution is 2.22. The van der Waals surface area contributed by atoms with Crippen LogP contribution >= 0.6 is 11.6 Å². The number of halogens is 1. The Morgan fingerprint density at radius 3 is 2.48 bits per heavy atom. The molecule has 1 atom stereocenters. The van der Waals surface area contributed by atoms with Gasteiger partial charge in [-0.1, -0.05) is 23.7 Å². The summed E-state index contributed by atoms with van der Waals surface area (Å²) in [4.78, 5) is 28.6. The van der Waals surface area contributed by atoms with Gasteiger partial charge in [-0.15, -0.1) is 0 Å². The molecule has 0 aliphatic carbocycles. The summed E-state index contributed by atoms with van der Waals surface area (Å²) in [5, 5.41) is 0.668. The molecule has 1 aliphatic rings. The highest BCUT2D eigenvalue weighted by atomic mass is 35.5. The molecule has 25 heavy (non-hydrogen) atoms. The Morgan fingerprint density at radius 2 is 1.88 bits per heavy atom. The van der Waals surface area contributed by atoms with Crippen LogP contribution in [0, 0.1) is 0 Å². The molecule has 1 aliphatic heterocycles. The number of rotatable bonds is 3. The third-order valence-corrected chi connectivity index (χ3v) is 4.38. The smallest absolute Gasteiger partial charge is 0.410 e. The molecule has 1 unspecified atom stereocenters. The lowest BCUT2D eigenvalue weighted by Gasteiger charge is -2.37. The molecule has 2 amide bonds. The zero-order chi connectivity index (χ0) is 18.6. The van der Waals surface area contributed by atoms with Gasteiger partial charge in [-0.2, -0.15) is 0 Å². The first-order chi connectivity index (χ1) is 11.7. The zero-order valence-electron chi connectivity index (χ0n) is 15.4. The van der Waals surface area contributed by atoms with Gasteiger partial charge in [0.25, 0.3) is 0 Å². The highest BCUT2D eigenvalue weighted by Gasteiger charge is 2.36. The van der Waals surface area contributed by atoms with Crippen LogP contribution in [0.25, 0.3) is 0 Å². The fourth-order valence-electron chi connectivity index (χ4n) is 2.92. The second-order valence-electron chi connectivity index (χ2n) is 7.51. The number of benzene rings is 1. The summed E-state index contributed by atoms with van der Waals surface area (Å²) < 4.78 is 5.47. The van der Waals surface area contributed by atoms with E-state index >= 15 is 0 Å². The standard InChI is InChI=1S/C19H27ClN2O3/c1-19(2,3)25-18(24)22-12-6-5-7-16(22)17(23)21(4)13-14-8-10-15(20)11-9-14/h8-11,16H,5-7,12-13H2,1-4H3. The molecule has 0 aromatic heterocycles. The van der Waals surface area contributed by atoms with Crippen molar-refractivity contribution < 1.29 is 14.3 Å². The Balaban J connectivity index is 2.05. The van der Waals surface area contributed by atoms with Crippen molar-refractivity contribution in [3.8, 4) is 0 Å². The monoisotopic (exact) mass is 366 g/mol. The van der Waals surface area contributed by atoms with E-state index in [4.69, 9.17) is 16.3 Å². The molecule has 0 N–H and O–H groups in total. The minimum atomic E-state index is -0.572. The molecule has 0 bridgehead atoms. The number of amides is 2. The molecule has 1 aromatic carbocycles. The number of carbonyl (C=O) groups is 2. The minimum absolute atomic E-state index is 0.0551. The summed E-state index contributed by atoms with van der Waals surface area (Å²) in [6.07, 6.45) is 2.09. The Hall–Kier alpha value is -1.75. The van der Waals surface area contributed by atoms with Crippen LogP contribution < -0.4 is 0 Å². The van der Waals surface area contributed by atoms with Crippen LogP contribution in [0.1, 0.15) is 45.6 Å². The first kappa shape index (κ1) is 19.6. The largest absolute Gasteiger partial charge is 0.444 e. The minimum Gasteiger partial charge on any atom is -0.444 e. The van der Waals surface area contributed by atoms with Crippen LogP contribution in [0.4, 0.5) is 4.79 Å². The second kappa shape index (κ2) is 8.09. The molecule has 1 heterocycles. The second-order valence-corrected chi connectivity index (χ2v) is 7.94. The Morgan fingerprint density at radius 1 is 1.24 bits per heavy atom. The van der Waals surface area contributed by atoms with Crippen molar-refractivity contribution in [2.45, 2.75) is 58.2 Å². The number of likely N-dealkylation sites (N-methyl/N-ethyl adjacent to an activating group) is 1. The van der Waals surface area contributed by atoms with Crippen LogP contribution in [0.3, 0.4) is 0 Å². The fourth-order valence-corrected chi connectivity index (χ4v) is 3.05. The van der Waals surface area contributed by atoms with Crippen LogP contribution in [0.2, 0.25) is 5.02 Å². The summed E-state index contributed by atoms with van der Waals surface area (Å²) in [6, 6.07) is 6.96. The third-order valence-electron chi connectivity index (χ3n) is 4.13. The summed E-state index contributed by atoms with van der Waals surface area (Å²) in [7, 11) is 1.76. The average Bonchev–Trinajstić information content (AvgIpc) is 2.54. The molecule has 2 rings (SSSR count). The molecule has 138 valence electrons. The molecule has 1 aromatic rings. The van der Waals surface area contributed by atoms with Gasteiger partial charge in [0.2, 0.25) is 5.91 Å². The topological polar surface area (TPSA) is 49.9 Å². The molecule has 1 saturated heterocycles. The van der Waals surface area contributed by atoms with Crippen LogP contribution in [0.15, 0.2) is 24.3 Å². The molecule has 0 radical (unpaired) electrons. The van der Waals surface area contributed by atoms with Crippen LogP contribution in [-0.2, 0) is 16.1 Å². The van der Waals surface area contributed by atoms with Gasteiger partial charge in [0.1, 0.15) is 11.6 Å². The maximum absolute atomic E-state index is 12.9. The first-order valence-corrected chi connectivity index (χ1v) is 9.04. The number of likely N-dealkylation sites (tertiary alicyclic amines) is 1. The quantitative estimate of drug-likeness (QED) is 0.809. The lowest BCUT2D eigenvalue weighted by molar-refractivity contribution is -0.137. The fraction of sp³-hybridized carbons (Fsp3) is 0.579. The van der Waals surface area contributed by atoms with E-state index in [0.717, 1.165) is 18.4 Å². The summed E-state index contributed by atoms with van der Waals surface area (Å²) in [6.45, 7) is 6.53. The van der Waals surface area contributed by atoms with Gasteiger partial charge >= 0.3 is 6.09 Å². The van der Waals surface area contributed by atoms with Gasteiger partial charge in [0, 0.05) is 25.2 Å². The van der Waals surface area contributed by atoms with Gasteiger partial charge in [0.05, 0.1) is 0 Å². The van der Waals surface area contributed by atoms with Gasteiger partial charge < -0.3 is 9.64 Å². The predicted molar refractivity (Wildman–Crippen MR) is 98.5 cm³/mol. The number of hydrogen-bond acceptors (Lipinski definition) is 3. The van der Waals surface area contributed by atoms with E-state index < -0.39 is 17.7 Å². The summed E-state index contributed by atoms with van der Waals surface area (Å²) >= 11 is 5.90. The first-order valence-electron chi connectivity index (χ1n) is 8.66. The van der Waals surface area contributed by atoms with Gasteiger partial charge in [-0.05, 0) is 57.7 Å². The molecule has 6 heteroatoms. The summed E-state index contributed by atoms with van der Waals surface area (Å²) in [5.41, 5.74) is 0.428. The van der Waals surface area contributed by atoms with Crippen molar-refractivity contribution >= 4 is 23.6 Å². The molecule has 1 fully saturated rings. The highest BCUT2D eigenvalue weighted by molar-refractivity contribution is 6.30.